The normalized spacial score (nSPS) is 21.1. The lowest BCUT2D eigenvalue weighted by Gasteiger charge is -2.26. The van der Waals surface area contributed by atoms with Gasteiger partial charge in [-0.05, 0) is 24.3 Å². The quantitative estimate of drug-likeness (QED) is 0.496. The van der Waals surface area contributed by atoms with Crippen LogP contribution in [0.15, 0.2) is 11.8 Å². The fourth-order valence-corrected chi connectivity index (χ4v) is 2.31. The van der Waals surface area contributed by atoms with Crippen LogP contribution in [0, 0.1) is 16.9 Å². The van der Waals surface area contributed by atoms with E-state index in [0.29, 0.717) is 5.41 Å². The predicted octanol–water partition coefficient (Wildman–Crippen LogP) is 4.37. The van der Waals surface area contributed by atoms with Crippen molar-refractivity contribution in [2.24, 2.45) is 5.41 Å². The highest BCUT2D eigenvalue weighted by atomic mass is 28.3. The topological polar surface area (TPSA) is 9.23 Å². The van der Waals surface area contributed by atoms with E-state index in [2.05, 4.69) is 58.0 Å². The number of allylic oxidation sites excluding steroid dienone is 2. The van der Waals surface area contributed by atoms with Gasteiger partial charge in [0.25, 0.3) is 0 Å². The molecule has 0 saturated carbocycles. The zero-order valence-electron chi connectivity index (χ0n) is 12.2. The SMILES string of the molecule is CC(C)(C)CC1=CCCC(C#C[Si](C)(C)C)O1. The number of rotatable bonds is 1. The molecule has 1 atom stereocenters. The van der Waals surface area contributed by atoms with Crippen molar-refractivity contribution in [1.82, 2.24) is 0 Å². The molecule has 0 amide bonds. The van der Waals surface area contributed by atoms with Crippen molar-refractivity contribution >= 4 is 8.07 Å². The summed E-state index contributed by atoms with van der Waals surface area (Å²) in [5, 5.41) is 0. The highest BCUT2D eigenvalue weighted by Gasteiger charge is 2.20. The van der Waals surface area contributed by atoms with E-state index in [9.17, 15) is 0 Å². The largest absolute Gasteiger partial charge is 0.482 e. The van der Waals surface area contributed by atoms with Crippen LogP contribution in [0.25, 0.3) is 0 Å². The second-order valence-electron chi connectivity index (χ2n) is 7.11. The molecule has 2 heteroatoms. The first-order valence-corrected chi connectivity index (χ1v) is 10.0. The molecular formula is C15H26OSi. The van der Waals surface area contributed by atoms with E-state index in [1.54, 1.807) is 0 Å². The molecule has 0 fully saturated rings. The average Bonchev–Trinajstić information content (AvgIpc) is 2.11. The Hall–Kier alpha value is -0.683. The first-order valence-electron chi connectivity index (χ1n) is 6.54. The molecule has 0 aromatic rings. The molecule has 1 unspecified atom stereocenters. The Morgan fingerprint density at radius 3 is 2.53 bits per heavy atom. The van der Waals surface area contributed by atoms with E-state index in [4.69, 9.17) is 4.74 Å². The standard InChI is InChI=1S/C15H26OSi/c1-15(2,3)12-14-9-7-8-13(16-14)10-11-17(4,5)6/h9,13H,7-8,12H2,1-6H3. The van der Waals surface area contributed by atoms with E-state index in [-0.39, 0.29) is 6.10 Å². The summed E-state index contributed by atoms with van der Waals surface area (Å²) < 4.78 is 5.97. The van der Waals surface area contributed by atoms with E-state index in [0.717, 1.165) is 25.0 Å². The number of hydrogen-bond donors (Lipinski definition) is 0. The van der Waals surface area contributed by atoms with Crippen LogP contribution in [0.4, 0.5) is 0 Å². The Labute approximate surface area is 108 Å². The molecule has 17 heavy (non-hydrogen) atoms. The molecule has 1 aliphatic heterocycles. The second-order valence-corrected chi connectivity index (χ2v) is 11.9. The maximum atomic E-state index is 5.97. The van der Waals surface area contributed by atoms with E-state index in [1.807, 2.05) is 0 Å². The van der Waals surface area contributed by atoms with Crippen molar-refractivity contribution in [3.8, 4) is 11.5 Å². The third-order valence-corrected chi connectivity index (χ3v) is 3.30. The van der Waals surface area contributed by atoms with Crippen LogP contribution in [-0.4, -0.2) is 14.2 Å². The molecular weight excluding hydrogens is 224 g/mol. The smallest absolute Gasteiger partial charge is 0.158 e. The molecule has 96 valence electrons. The maximum absolute atomic E-state index is 5.97. The minimum atomic E-state index is -1.27. The van der Waals surface area contributed by atoms with Gasteiger partial charge < -0.3 is 4.74 Å². The molecule has 0 aliphatic carbocycles. The van der Waals surface area contributed by atoms with E-state index in [1.165, 1.54) is 0 Å². The van der Waals surface area contributed by atoms with Gasteiger partial charge in [-0.15, -0.1) is 5.54 Å². The molecule has 0 aromatic heterocycles. The predicted molar refractivity (Wildman–Crippen MR) is 77.4 cm³/mol. The zero-order chi connectivity index (χ0) is 13.1. The summed E-state index contributed by atoms with van der Waals surface area (Å²) >= 11 is 0. The van der Waals surface area contributed by atoms with Gasteiger partial charge in [-0.1, -0.05) is 46.3 Å². The van der Waals surface area contributed by atoms with Crippen LogP contribution in [0.2, 0.25) is 19.6 Å². The fourth-order valence-electron chi connectivity index (χ4n) is 1.72. The molecule has 0 saturated heterocycles. The summed E-state index contributed by atoms with van der Waals surface area (Å²) in [6.07, 6.45) is 5.53. The molecule has 0 bridgehead atoms. The summed E-state index contributed by atoms with van der Waals surface area (Å²) in [6.45, 7) is 13.6. The molecule has 0 spiro atoms. The molecule has 1 heterocycles. The van der Waals surface area contributed by atoms with Gasteiger partial charge in [0.05, 0.1) is 5.76 Å². The van der Waals surface area contributed by atoms with Crippen molar-refractivity contribution in [3.05, 3.63) is 11.8 Å². The third-order valence-electron chi connectivity index (χ3n) is 2.41. The lowest BCUT2D eigenvalue weighted by molar-refractivity contribution is 0.118. The van der Waals surface area contributed by atoms with Gasteiger partial charge in [0, 0.05) is 6.42 Å². The van der Waals surface area contributed by atoms with Gasteiger partial charge in [0.15, 0.2) is 6.10 Å². The Morgan fingerprint density at radius 1 is 1.35 bits per heavy atom. The van der Waals surface area contributed by atoms with Crippen molar-refractivity contribution in [2.75, 3.05) is 0 Å². The Kier molecular flexibility index (Phi) is 4.49. The first kappa shape index (κ1) is 14.4. The molecule has 1 nitrogen and oxygen atoms in total. The van der Waals surface area contributed by atoms with Crippen LogP contribution in [-0.2, 0) is 4.74 Å². The summed E-state index contributed by atoms with van der Waals surface area (Å²) in [5.74, 6) is 4.46. The average molecular weight is 250 g/mol. The molecule has 0 aromatic carbocycles. The summed E-state index contributed by atoms with van der Waals surface area (Å²) in [4.78, 5) is 0. The third kappa shape index (κ3) is 6.58. The molecule has 0 N–H and O–H groups in total. The molecule has 1 aliphatic rings. The molecule has 1 rings (SSSR count). The first-order chi connectivity index (χ1) is 7.66. The van der Waals surface area contributed by atoms with Gasteiger partial charge >= 0.3 is 0 Å². The highest BCUT2D eigenvalue weighted by Crippen LogP contribution is 2.28. The van der Waals surface area contributed by atoms with Crippen molar-refractivity contribution in [2.45, 2.75) is 65.8 Å². The van der Waals surface area contributed by atoms with Gasteiger partial charge in [-0.25, -0.2) is 0 Å². The van der Waals surface area contributed by atoms with E-state index < -0.39 is 8.07 Å². The maximum Gasteiger partial charge on any atom is 0.158 e. The lowest BCUT2D eigenvalue weighted by atomic mass is 9.90. The molecule has 0 radical (unpaired) electrons. The Morgan fingerprint density at radius 2 is 2.00 bits per heavy atom. The van der Waals surface area contributed by atoms with Gasteiger partial charge in [-0.2, -0.15) is 0 Å². The van der Waals surface area contributed by atoms with Gasteiger partial charge in [-0.3, -0.25) is 0 Å². The Bertz CT molecular complexity index is 344. The monoisotopic (exact) mass is 250 g/mol. The lowest BCUT2D eigenvalue weighted by Crippen LogP contribution is -2.21. The minimum absolute atomic E-state index is 0.129. The summed E-state index contributed by atoms with van der Waals surface area (Å²) in [5.41, 5.74) is 3.70. The summed E-state index contributed by atoms with van der Waals surface area (Å²) in [6, 6.07) is 0. The minimum Gasteiger partial charge on any atom is -0.482 e. The van der Waals surface area contributed by atoms with Crippen molar-refractivity contribution < 1.29 is 4.74 Å². The van der Waals surface area contributed by atoms with Crippen LogP contribution in [0.5, 0.6) is 0 Å². The zero-order valence-corrected chi connectivity index (χ0v) is 13.2. The number of hydrogen-bond acceptors (Lipinski definition) is 1. The van der Waals surface area contributed by atoms with Gasteiger partial charge in [0.2, 0.25) is 0 Å². The van der Waals surface area contributed by atoms with Gasteiger partial charge in [0.1, 0.15) is 8.07 Å². The van der Waals surface area contributed by atoms with Crippen LogP contribution < -0.4 is 0 Å². The Balaban J connectivity index is 2.59. The van der Waals surface area contributed by atoms with Crippen molar-refractivity contribution in [3.63, 3.8) is 0 Å². The fraction of sp³-hybridized carbons (Fsp3) is 0.733. The van der Waals surface area contributed by atoms with Crippen LogP contribution in [0.1, 0.15) is 40.0 Å². The second kappa shape index (κ2) is 5.31. The van der Waals surface area contributed by atoms with Crippen LogP contribution >= 0.6 is 0 Å². The number of ether oxygens (including phenoxy) is 1. The summed E-state index contributed by atoms with van der Waals surface area (Å²) in [7, 11) is -1.27. The van der Waals surface area contributed by atoms with Crippen LogP contribution in [0.3, 0.4) is 0 Å². The highest BCUT2D eigenvalue weighted by molar-refractivity contribution is 6.83. The van der Waals surface area contributed by atoms with E-state index >= 15 is 0 Å². The van der Waals surface area contributed by atoms with Crippen molar-refractivity contribution in [1.29, 1.82) is 0 Å².